The van der Waals surface area contributed by atoms with Crippen molar-refractivity contribution in [2.75, 3.05) is 19.7 Å². The molecule has 1 N–H and O–H groups in total. The van der Waals surface area contributed by atoms with Crippen LogP contribution in [0.15, 0.2) is 12.4 Å². The standard InChI is InChI=1S/C9H12ClN3O/c10-8-4-12-9(13-5-8)14-6-7-1-2-11-3-7/h4-5,7,11H,1-3,6H2. The molecule has 2 heterocycles. The molecule has 1 unspecified atom stereocenters. The molecule has 1 aromatic heterocycles. The maximum Gasteiger partial charge on any atom is 0.316 e. The van der Waals surface area contributed by atoms with Crippen molar-refractivity contribution in [2.24, 2.45) is 5.92 Å². The van der Waals surface area contributed by atoms with Gasteiger partial charge in [-0.15, -0.1) is 0 Å². The smallest absolute Gasteiger partial charge is 0.316 e. The molecule has 76 valence electrons. The maximum atomic E-state index is 5.65. The molecule has 14 heavy (non-hydrogen) atoms. The molecule has 1 saturated heterocycles. The number of halogens is 1. The Balaban J connectivity index is 1.82. The van der Waals surface area contributed by atoms with Crippen molar-refractivity contribution in [2.45, 2.75) is 6.42 Å². The number of hydrogen-bond donors (Lipinski definition) is 1. The molecule has 0 radical (unpaired) electrons. The highest BCUT2D eigenvalue weighted by atomic mass is 35.5. The Morgan fingerprint density at radius 1 is 1.50 bits per heavy atom. The van der Waals surface area contributed by atoms with E-state index in [-0.39, 0.29) is 0 Å². The van der Waals surface area contributed by atoms with Crippen LogP contribution in [0.3, 0.4) is 0 Å². The molecule has 0 spiro atoms. The van der Waals surface area contributed by atoms with Crippen LogP contribution in [0.25, 0.3) is 0 Å². The third kappa shape index (κ3) is 2.56. The maximum absolute atomic E-state index is 5.65. The number of nitrogens with zero attached hydrogens (tertiary/aromatic N) is 2. The molecule has 0 aliphatic carbocycles. The van der Waals surface area contributed by atoms with Crippen molar-refractivity contribution in [3.63, 3.8) is 0 Å². The van der Waals surface area contributed by atoms with E-state index >= 15 is 0 Å². The summed E-state index contributed by atoms with van der Waals surface area (Å²) in [4.78, 5) is 7.91. The Hall–Kier alpha value is -0.870. The summed E-state index contributed by atoms with van der Waals surface area (Å²) in [6.45, 7) is 2.78. The van der Waals surface area contributed by atoms with Crippen LogP contribution in [0.4, 0.5) is 0 Å². The summed E-state index contributed by atoms with van der Waals surface area (Å²) >= 11 is 5.65. The predicted molar refractivity (Wildman–Crippen MR) is 53.5 cm³/mol. The number of hydrogen-bond acceptors (Lipinski definition) is 4. The van der Waals surface area contributed by atoms with Crippen LogP contribution in [0.1, 0.15) is 6.42 Å². The molecule has 4 nitrogen and oxygen atoms in total. The highest BCUT2D eigenvalue weighted by molar-refractivity contribution is 6.30. The topological polar surface area (TPSA) is 47.0 Å². The Bertz CT molecular complexity index is 285. The monoisotopic (exact) mass is 213 g/mol. The first-order valence-electron chi connectivity index (χ1n) is 4.65. The lowest BCUT2D eigenvalue weighted by molar-refractivity contribution is 0.241. The highest BCUT2D eigenvalue weighted by Crippen LogP contribution is 2.11. The summed E-state index contributed by atoms with van der Waals surface area (Å²) in [5.41, 5.74) is 0. The van der Waals surface area contributed by atoms with Gasteiger partial charge in [-0.25, -0.2) is 9.97 Å². The van der Waals surface area contributed by atoms with Gasteiger partial charge < -0.3 is 10.1 Å². The molecule has 0 aromatic carbocycles. The van der Waals surface area contributed by atoms with Crippen LogP contribution >= 0.6 is 11.6 Å². The molecule has 1 aromatic rings. The van der Waals surface area contributed by atoms with Crippen molar-refractivity contribution in [3.8, 4) is 6.01 Å². The zero-order valence-electron chi connectivity index (χ0n) is 7.74. The van der Waals surface area contributed by atoms with E-state index in [0.29, 0.717) is 23.6 Å². The molecule has 0 saturated carbocycles. The van der Waals surface area contributed by atoms with E-state index in [0.717, 1.165) is 19.5 Å². The molecule has 1 atom stereocenters. The van der Waals surface area contributed by atoms with Gasteiger partial charge in [-0.05, 0) is 13.0 Å². The molecule has 5 heteroatoms. The molecule has 1 aliphatic rings. The average Bonchev–Trinajstić information content (AvgIpc) is 2.70. The summed E-state index contributed by atoms with van der Waals surface area (Å²) in [6.07, 6.45) is 4.24. The van der Waals surface area contributed by atoms with Crippen LogP contribution in [0, 0.1) is 5.92 Å². The lowest BCUT2D eigenvalue weighted by Crippen LogP contribution is -2.16. The Morgan fingerprint density at radius 3 is 2.93 bits per heavy atom. The van der Waals surface area contributed by atoms with Crippen LogP contribution in [-0.4, -0.2) is 29.7 Å². The van der Waals surface area contributed by atoms with E-state index in [4.69, 9.17) is 16.3 Å². The lowest BCUT2D eigenvalue weighted by Gasteiger charge is -2.08. The van der Waals surface area contributed by atoms with Gasteiger partial charge in [0.15, 0.2) is 0 Å². The van der Waals surface area contributed by atoms with Gasteiger partial charge in [-0.2, -0.15) is 0 Å². The first-order valence-corrected chi connectivity index (χ1v) is 5.03. The SMILES string of the molecule is Clc1cnc(OCC2CCNC2)nc1. The number of nitrogens with one attached hydrogen (secondary N) is 1. The fourth-order valence-corrected chi connectivity index (χ4v) is 1.52. The average molecular weight is 214 g/mol. The van der Waals surface area contributed by atoms with Crippen LogP contribution in [-0.2, 0) is 0 Å². The summed E-state index contributed by atoms with van der Waals surface area (Å²) in [7, 11) is 0. The normalized spacial score (nSPS) is 21.1. The zero-order chi connectivity index (χ0) is 9.80. The minimum Gasteiger partial charge on any atom is -0.463 e. The third-order valence-corrected chi connectivity index (χ3v) is 2.40. The number of aromatic nitrogens is 2. The van der Waals surface area contributed by atoms with Crippen molar-refractivity contribution >= 4 is 11.6 Å². The lowest BCUT2D eigenvalue weighted by atomic mass is 10.1. The second-order valence-electron chi connectivity index (χ2n) is 3.35. The Labute approximate surface area is 87.7 Å². The van der Waals surface area contributed by atoms with Gasteiger partial charge in [0, 0.05) is 12.5 Å². The molecular formula is C9H12ClN3O. The van der Waals surface area contributed by atoms with E-state index in [1.54, 1.807) is 0 Å². The van der Waals surface area contributed by atoms with Gasteiger partial charge in [0.25, 0.3) is 0 Å². The largest absolute Gasteiger partial charge is 0.463 e. The van der Waals surface area contributed by atoms with Crippen molar-refractivity contribution in [1.29, 1.82) is 0 Å². The third-order valence-electron chi connectivity index (χ3n) is 2.21. The van der Waals surface area contributed by atoms with Gasteiger partial charge >= 0.3 is 6.01 Å². The fourth-order valence-electron chi connectivity index (χ4n) is 1.42. The van der Waals surface area contributed by atoms with E-state index in [1.165, 1.54) is 12.4 Å². The van der Waals surface area contributed by atoms with Gasteiger partial charge in [0.05, 0.1) is 24.0 Å². The molecule has 2 rings (SSSR count). The van der Waals surface area contributed by atoms with Gasteiger partial charge in [-0.1, -0.05) is 11.6 Å². The summed E-state index contributed by atoms with van der Waals surface area (Å²) in [5.74, 6) is 0.578. The van der Waals surface area contributed by atoms with Crippen molar-refractivity contribution in [1.82, 2.24) is 15.3 Å². The zero-order valence-corrected chi connectivity index (χ0v) is 8.50. The summed E-state index contributed by atoms with van der Waals surface area (Å²) in [5, 5.41) is 3.80. The summed E-state index contributed by atoms with van der Waals surface area (Å²) < 4.78 is 5.42. The minimum atomic E-state index is 0.404. The fraction of sp³-hybridized carbons (Fsp3) is 0.556. The first kappa shape index (κ1) is 9.68. The second kappa shape index (κ2) is 4.57. The van der Waals surface area contributed by atoms with Gasteiger partial charge in [-0.3, -0.25) is 0 Å². The summed E-state index contributed by atoms with van der Waals surface area (Å²) in [6, 6.07) is 0.404. The molecule has 0 amide bonds. The van der Waals surface area contributed by atoms with Gasteiger partial charge in [0.2, 0.25) is 0 Å². The van der Waals surface area contributed by atoms with Crippen LogP contribution < -0.4 is 10.1 Å². The first-order chi connectivity index (χ1) is 6.84. The van der Waals surface area contributed by atoms with E-state index < -0.39 is 0 Å². The highest BCUT2D eigenvalue weighted by Gasteiger charge is 2.15. The molecule has 0 bridgehead atoms. The molecular weight excluding hydrogens is 202 g/mol. The molecule has 1 aliphatic heterocycles. The number of rotatable bonds is 3. The second-order valence-corrected chi connectivity index (χ2v) is 3.79. The van der Waals surface area contributed by atoms with Crippen molar-refractivity contribution < 1.29 is 4.74 Å². The quantitative estimate of drug-likeness (QED) is 0.818. The van der Waals surface area contributed by atoms with E-state index in [2.05, 4.69) is 15.3 Å². The van der Waals surface area contributed by atoms with E-state index in [9.17, 15) is 0 Å². The minimum absolute atomic E-state index is 0.404. The molecule has 1 fully saturated rings. The van der Waals surface area contributed by atoms with Crippen molar-refractivity contribution in [3.05, 3.63) is 17.4 Å². The predicted octanol–water partition coefficient (Wildman–Crippen LogP) is 1.12. The number of ether oxygens (including phenoxy) is 1. The van der Waals surface area contributed by atoms with E-state index in [1.807, 2.05) is 0 Å². The Kier molecular flexibility index (Phi) is 3.16. The van der Waals surface area contributed by atoms with Crippen LogP contribution in [0.2, 0.25) is 5.02 Å². The Morgan fingerprint density at radius 2 is 2.29 bits per heavy atom. The van der Waals surface area contributed by atoms with Crippen LogP contribution in [0.5, 0.6) is 6.01 Å². The van der Waals surface area contributed by atoms with Gasteiger partial charge in [0.1, 0.15) is 0 Å².